The maximum atomic E-state index is 3.63. The molecule has 3 nitrogen and oxygen atoms in total. The molecule has 1 saturated heterocycles. The van der Waals surface area contributed by atoms with Crippen molar-refractivity contribution in [1.82, 2.24) is 15.1 Å². The molecule has 1 N–H and O–H groups in total. The summed E-state index contributed by atoms with van der Waals surface area (Å²) in [7, 11) is 4.51. The van der Waals surface area contributed by atoms with Crippen molar-refractivity contribution >= 4 is 0 Å². The van der Waals surface area contributed by atoms with E-state index in [1.54, 1.807) is 0 Å². The zero-order valence-corrected chi connectivity index (χ0v) is 12.4. The molecule has 1 fully saturated rings. The molecular formula is C14H31N3. The van der Waals surface area contributed by atoms with Gasteiger partial charge in [-0.15, -0.1) is 0 Å². The Morgan fingerprint density at radius 2 is 1.35 bits per heavy atom. The number of hydrogen-bond donors (Lipinski definition) is 1. The van der Waals surface area contributed by atoms with E-state index in [9.17, 15) is 0 Å². The third kappa shape index (κ3) is 5.36. The highest BCUT2D eigenvalue weighted by molar-refractivity contribution is 4.73. The van der Waals surface area contributed by atoms with Crippen LogP contribution in [-0.2, 0) is 0 Å². The van der Waals surface area contributed by atoms with Crippen molar-refractivity contribution in [3.05, 3.63) is 0 Å². The molecule has 0 aromatic rings. The van der Waals surface area contributed by atoms with Crippen molar-refractivity contribution in [2.75, 3.05) is 33.7 Å². The Hall–Kier alpha value is -0.120. The summed E-state index contributed by atoms with van der Waals surface area (Å²) in [5.41, 5.74) is 0. The molecule has 0 radical (unpaired) electrons. The highest BCUT2D eigenvalue weighted by Gasteiger charge is 2.15. The number of nitrogens with zero attached hydrogens (tertiary/aromatic N) is 2. The molecule has 0 bridgehead atoms. The molecule has 3 unspecified atom stereocenters. The molecule has 0 spiro atoms. The lowest BCUT2D eigenvalue weighted by molar-refractivity contribution is 0.179. The van der Waals surface area contributed by atoms with Gasteiger partial charge in [0.25, 0.3) is 0 Å². The molecule has 0 saturated carbocycles. The van der Waals surface area contributed by atoms with E-state index in [4.69, 9.17) is 0 Å². The first-order chi connectivity index (χ1) is 8.00. The minimum atomic E-state index is 0.640. The summed E-state index contributed by atoms with van der Waals surface area (Å²) < 4.78 is 0. The van der Waals surface area contributed by atoms with Crippen LogP contribution in [0.25, 0.3) is 0 Å². The topological polar surface area (TPSA) is 18.5 Å². The average Bonchev–Trinajstić information content (AvgIpc) is 2.31. The highest BCUT2D eigenvalue weighted by Crippen LogP contribution is 2.09. The summed E-state index contributed by atoms with van der Waals surface area (Å²) in [5.74, 6) is 0. The van der Waals surface area contributed by atoms with E-state index in [-0.39, 0.29) is 0 Å². The molecular weight excluding hydrogens is 210 g/mol. The van der Waals surface area contributed by atoms with Gasteiger partial charge in [-0.2, -0.15) is 0 Å². The standard InChI is InChI=1S/C14H31N3/c1-12-7-10-16(4)14(3)8-11-17(5)13(2)6-9-15-12/h12-15H,6-11H2,1-5H3. The number of hydrogen-bond acceptors (Lipinski definition) is 3. The zero-order valence-electron chi connectivity index (χ0n) is 12.4. The Kier molecular flexibility index (Phi) is 6.45. The summed E-state index contributed by atoms with van der Waals surface area (Å²) in [6, 6.07) is 2.02. The summed E-state index contributed by atoms with van der Waals surface area (Å²) in [4.78, 5) is 5.00. The van der Waals surface area contributed by atoms with Crippen LogP contribution in [-0.4, -0.2) is 61.7 Å². The first-order valence-corrected chi connectivity index (χ1v) is 7.14. The summed E-state index contributed by atoms with van der Waals surface area (Å²) >= 11 is 0. The first-order valence-electron chi connectivity index (χ1n) is 7.14. The lowest BCUT2D eigenvalue weighted by Gasteiger charge is -2.31. The Morgan fingerprint density at radius 1 is 0.824 bits per heavy atom. The Labute approximate surface area is 108 Å². The van der Waals surface area contributed by atoms with Gasteiger partial charge in [-0.05, 0) is 73.8 Å². The van der Waals surface area contributed by atoms with Crippen LogP contribution < -0.4 is 5.32 Å². The molecule has 3 atom stereocenters. The van der Waals surface area contributed by atoms with Crippen molar-refractivity contribution in [3.8, 4) is 0 Å². The maximum Gasteiger partial charge on any atom is 0.00760 e. The van der Waals surface area contributed by atoms with Crippen molar-refractivity contribution in [2.45, 2.75) is 58.2 Å². The SMILES string of the molecule is CC1CCN(C)C(C)CCN(C)C(C)CCN1. The minimum Gasteiger partial charge on any atom is -0.314 e. The monoisotopic (exact) mass is 241 g/mol. The smallest absolute Gasteiger partial charge is 0.00760 e. The van der Waals surface area contributed by atoms with Crippen molar-refractivity contribution in [3.63, 3.8) is 0 Å². The van der Waals surface area contributed by atoms with E-state index in [0.29, 0.717) is 18.1 Å². The second-order valence-electron chi connectivity index (χ2n) is 5.88. The van der Waals surface area contributed by atoms with Gasteiger partial charge in [-0.1, -0.05) is 0 Å². The second kappa shape index (κ2) is 7.34. The molecule has 1 aliphatic heterocycles. The van der Waals surface area contributed by atoms with E-state index >= 15 is 0 Å². The Bertz CT molecular complexity index is 208. The van der Waals surface area contributed by atoms with Crippen LogP contribution in [0.15, 0.2) is 0 Å². The van der Waals surface area contributed by atoms with E-state index < -0.39 is 0 Å². The molecule has 1 rings (SSSR count). The normalized spacial score (nSPS) is 36.2. The molecule has 17 heavy (non-hydrogen) atoms. The lowest BCUT2D eigenvalue weighted by atomic mass is 10.1. The minimum absolute atomic E-state index is 0.640. The largest absolute Gasteiger partial charge is 0.314 e. The van der Waals surface area contributed by atoms with Crippen LogP contribution >= 0.6 is 0 Å². The first kappa shape index (κ1) is 14.9. The third-order valence-corrected chi connectivity index (χ3v) is 4.37. The molecule has 1 heterocycles. The van der Waals surface area contributed by atoms with Gasteiger partial charge in [-0.25, -0.2) is 0 Å². The van der Waals surface area contributed by atoms with Crippen LogP contribution in [0.2, 0.25) is 0 Å². The van der Waals surface area contributed by atoms with Crippen LogP contribution in [0.1, 0.15) is 40.0 Å². The van der Waals surface area contributed by atoms with Gasteiger partial charge in [-0.3, -0.25) is 0 Å². The molecule has 0 aliphatic carbocycles. The van der Waals surface area contributed by atoms with Crippen LogP contribution in [0.3, 0.4) is 0 Å². The molecule has 0 aromatic heterocycles. The molecule has 1 aliphatic rings. The van der Waals surface area contributed by atoms with E-state index in [1.165, 1.54) is 32.4 Å². The fraction of sp³-hybridized carbons (Fsp3) is 1.00. The number of rotatable bonds is 0. The fourth-order valence-electron chi connectivity index (χ4n) is 2.31. The third-order valence-electron chi connectivity index (χ3n) is 4.37. The highest BCUT2D eigenvalue weighted by atomic mass is 15.2. The maximum absolute atomic E-state index is 3.63. The van der Waals surface area contributed by atoms with Crippen LogP contribution in [0.4, 0.5) is 0 Å². The molecule has 3 heteroatoms. The molecule has 0 aromatic carbocycles. The van der Waals surface area contributed by atoms with Gasteiger partial charge >= 0.3 is 0 Å². The fourth-order valence-corrected chi connectivity index (χ4v) is 2.31. The summed E-state index contributed by atoms with van der Waals surface area (Å²) in [6.07, 6.45) is 3.79. The quantitative estimate of drug-likeness (QED) is 0.697. The predicted molar refractivity (Wildman–Crippen MR) is 75.5 cm³/mol. The van der Waals surface area contributed by atoms with Crippen LogP contribution in [0.5, 0.6) is 0 Å². The van der Waals surface area contributed by atoms with Gasteiger partial charge < -0.3 is 15.1 Å². The predicted octanol–water partition coefficient (Wildman–Crippen LogP) is 1.79. The number of nitrogens with one attached hydrogen (secondary N) is 1. The van der Waals surface area contributed by atoms with Gasteiger partial charge in [0.1, 0.15) is 0 Å². The zero-order chi connectivity index (χ0) is 12.8. The second-order valence-corrected chi connectivity index (χ2v) is 5.88. The van der Waals surface area contributed by atoms with E-state index in [0.717, 1.165) is 6.54 Å². The van der Waals surface area contributed by atoms with Crippen molar-refractivity contribution < 1.29 is 0 Å². The van der Waals surface area contributed by atoms with Gasteiger partial charge in [0.2, 0.25) is 0 Å². The van der Waals surface area contributed by atoms with Crippen LogP contribution in [0, 0.1) is 0 Å². The van der Waals surface area contributed by atoms with Gasteiger partial charge in [0, 0.05) is 18.1 Å². The Morgan fingerprint density at radius 3 is 2.00 bits per heavy atom. The van der Waals surface area contributed by atoms with Crippen molar-refractivity contribution in [2.24, 2.45) is 0 Å². The van der Waals surface area contributed by atoms with Gasteiger partial charge in [0.05, 0.1) is 0 Å². The molecule has 0 amide bonds. The summed E-state index contributed by atoms with van der Waals surface area (Å²) in [5, 5.41) is 3.63. The Balaban J connectivity index is 2.51. The molecule has 102 valence electrons. The average molecular weight is 241 g/mol. The van der Waals surface area contributed by atoms with Gasteiger partial charge in [0.15, 0.2) is 0 Å². The summed E-state index contributed by atoms with van der Waals surface area (Å²) in [6.45, 7) is 10.6. The van der Waals surface area contributed by atoms with E-state index in [2.05, 4.69) is 50.0 Å². The van der Waals surface area contributed by atoms with Crippen molar-refractivity contribution in [1.29, 1.82) is 0 Å². The van der Waals surface area contributed by atoms with E-state index in [1.807, 2.05) is 0 Å². The lowest BCUT2D eigenvalue weighted by Crippen LogP contribution is -2.41.